The van der Waals surface area contributed by atoms with Crippen LogP contribution in [0.2, 0.25) is 0 Å². The molecule has 1 aliphatic heterocycles. The molecule has 0 saturated heterocycles. The molecule has 332 valence electrons. The van der Waals surface area contributed by atoms with Gasteiger partial charge in [0.2, 0.25) is 0 Å². The molecule has 60 heavy (non-hydrogen) atoms. The third-order valence-electron chi connectivity index (χ3n) is 13.1. The molecule has 3 aromatic rings. The van der Waals surface area contributed by atoms with Crippen LogP contribution in [-0.4, -0.2) is 75.0 Å². The number of furan rings is 1. The molecule has 0 amide bonds. The van der Waals surface area contributed by atoms with E-state index in [0.717, 1.165) is 118 Å². The van der Waals surface area contributed by atoms with Crippen LogP contribution in [0.3, 0.4) is 0 Å². The van der Waals surface area contributed by atoms with Crippen molar-refractivity contribution >= 4 is 0 Å². The summed E-state index contributed by atoms with van der Waals surface area (Å²) < 4.78 is 12.3. The number of H-pyrrole nitrogens is 1. The number of allylic oxidation sites excluding steroid dienone is 2. The molecule has 12 N–H and O–H groups in total. The molecule has 3 aliphatic rings. The smallest absolute Gasteiger partial charge is 0.161 e. The summed E-state index contributed by atoms with van der Waals surface area (Å²) in [6.45, 7) is 3.85. The summed E-state index contributed by atoms with van der Waals surface area (Å²) >= 11 is 0. The van der Waals surface area contributed by atoms with Crippen molar-refractivity contribution in [3.63, 3.8) is 0 Å². The Kier molecular flexibility index (Phi) is 17.4. The minimum absolute atomic E-state index is 0.00180. The first-order valence-electron chi connectivity index (χ1n) is 22.8. The van der Waals surface area contributed by atoms with Gasteiger partial charge in [-0.1, -0.05) is 44.2 Å². The monoisotopic (exact) mass is 832 g/mol. The molecule has 7 atom stereocenters. The second-order valence-corrected chi connectivity index (χ2v) is 17.9. The van der Waals surface area contributed by atoms with Crippen LogP contribution in [0.1, 0.15) is 142 Å². The van der Waals surface area contributed by atoms with E-state index in [1.165, 1.54) is 36.1 Å². The number of aliphatic hydroxyl groups is 4. The molecule has 0 spiro atoms. The molecule has 1 aromatic carbocycles. The predicted octanol–water partition coefficient (Wildman–Crippen LogP) is 6.19. The first-order valence-corrected chi connectivity index (χ1v) is 22.8. The molecule has 1 saturated carbocycles. The van der Waals surface area contributed by atoms with Crippen molar-refractivity contribution in [2.24, 2.45) is 23.3 Å². The van der Waals surface area contributed by atoms with Crippen molar-refractivity contribution < 1.29 is 34.7 Å². The second kappa shape index (κ2) is 22.9. The van der Waals surface area contributed by atoms with Crippen molar-refractivity contribution in [3.8, 4) is 11.5 Å². The van der Waals surface area contributed by atoms with Gasteiger partial charge in [0.05, 0.1) is 24.6 Å². The molecule has 2 aliphatic carbocycles. The molecule has 0 unspecified atom stereocenters. The number of benzene rings is 1. The van der Waals surface area contributed by atoms with E-state index in [0.29, 0.717) is 49.2 Å². The maximum atomic E-state index is 11.3. The van der Waals surface area contributed by atoms with E-state index >= 15 is 0 Å². The molecule has 0 radical (unpaired) electrons. The minimum Gasteiger partial charge on any atom is -0.504 e. The largest absolute Gasteiger partial charge is 0.504 e. The standard InChI is InChI=1S/C48H73N5O7/c1-31(55)27-51-28-41-39-9-6-7-34(39)14-19-42-40(41)26-43(53-42)45(58)30-59-47-23-32(13-20-44(47)57)12-18-38-25-35(29-54)46(60-38)10-5-3-2-4-8-36(49)15-17-37(56)16-11-33-21-22-52-48(50)24-33/h13,20-21,23-26,31,34,36-37,39,41,45,51-58H,2-12,14-19,22,27-30,49-50H2,1H3/t31-,34+,36-,37+,39-,41-,45-/m0/s1. The number of phenolic OH excluding ortho intramolecular Hbond substituents is 1. The summed E-state index contributed by atoms with van der Waals surface area (Å²) in [6.07, 6.45) is 18.5. The van der Waals surface area contributed by atoms with Crippen LogP contribution >= 0.6 is 0 Å². The van der Waals surface area contributed by atoms with Gasteiger partial charge in [0.25, 0.3) is 0 Å². The van der Waals surface area contributed by atoms with E-state index < -0.39 is 12.2 Å². The zero-order valence-electron chi connectivity index (χ0n) is 35.8. The molecule has 1 fully saturated rings. The Bertz CT molecular complexity index is 1830. The number of aromatic nitrogens is 1. The SMILES string of the molecule is C[C@H](O)CNC[C@@H]1c2cc([C@@H](O)COc3cc(CCc4cc(CO)c(CCCCCC[C@H](N)CC[C@H](O)CCC5=CCNC(N)=C5)o4)ccc3O)[nH]c2CC[C@H]2CCC[C@@H]21. The van der Waals surface area contributed by atoms with Gasteiger partial charge < -0.3 is 61.8 Å². The van der Waals surface area contributed by atoms with Crippen LogP contribution in [0.25, 0.3) is 0 Å². The fourth-order valence-corrected chi connectivity index (χ4v) is 9.69. The summed E-state index contributed by atoms with van der Waals surface area (Å²) in [5.41, 5.74) is 18.4. The Balaban J connectivity index is 0.908. The number of aromatic hydroxyl groups is 1. The summed E-state index contributed by atoms with van der Waals surface area (Å²) in [5.74, 6) is 4.35. The van der Waals surface area contributed by atoms with Crippen molar-refractivity contribution in [1.29, 1.82) is 0 Å². The minimum atomic E-state index is -0.886. The Morgan fingerprint density at radius 3 is 2.62 bits per heavy atom. The van der Waals surface area contributed by atoms with Gasteiger partial charge in [0.1, 0.15) is 24.2 Å². The number of hydrogen-bond donors (Lipinski definition) is 10. The molecule has 12 heteroatoms. The zero-order chi connectivity index (χ0) is 42.4. The summed E-state index contributed by atoms with van der Waals surface area (Å²) in [4.78, 5) is 3.53. The van der Waals surface area contributed by atoms with Gasteiger partial charge in [-0.05, 0) is 130 Å². The molecule has 3 heterocycles. The van der Waals surface area contributed by atoms with Gasteiger partial charge in [-0.15, -0.1) is 0 Å². The lowest BCUT2D eigenvalue weighted by molar-refractivity contribution is 0.103. The normalized spacial score (nSPS) is 20.9. The Hall–Kier alpha value is -3.78. The van der Waals surface area contributed by atoms with E-state index in [2.05, 4.69) is 27.8 Å². The Morgan fingerprint density at radius 1 is 0.950 bits per heavy atom. The maximum Gasteiger partial charge on any atom is 0.161 e. The predicted molar refractivity (Wildman–Crippen MR) is 235 cm³/mol. The summed E-state index contributed by atoms with van der Waals surface area (Å²) in [6, 6.07) is 9.48. The summed E-state index contributed by atoms with van der Waals surface area (Å²) in [7, 11) is 0. The van der Waals surface area contributed by atoms with Crippen LogP contribution in [0.15, 0.2) is 58.3 Å². The van der Waals surface area contributed by atoms with E-state index in [9.17, 15) is 25.5 Å². The van der Waals surface area contributed by atoms with E-state index in [1.54, 1.807) is 13.0 Å². The summed E-state index contributed by atoms with van der Waals surface area (Å²) in [5, 5.41) is 58.8. The number of nitrogens with one attached hydrogen (secondary N) is 3. The molecular weight excluding hydrogens is 759 g/mol. The number of aromatic amines is 1. The Morgan fingerprint density at radius 2 is 1.80 bits per heavy atom. The van der Waals surface area contributed by atoms with Gasteiger partial charge in [0, 0.05) is 61.4 Å². The van der Waals surface area contributed by atoms with Gasteiger partial charge in [-0.25, -0.2) is 0 Å². The number of aryl methyl sites for hydroxylation is 4. The highest BCUT2D eigenvalue weighted by atomic mass is 16.5. The highest BCUT2D eigenvalue weighted by Crippen LogP contribution is 2.47. The van der Waals surface area contributed by atoms with Crippen molar-refractivity contribution in [1.82, 2.24) is 15.6 Å². The highest BCUT2D eigenvalue weighted by Gasteiger charge is 2.38. The van der Waals surface area contributed by atoms with Gasteiger partial charge in [0.15, 0.2) is 11.5 Å². The lowest BCUT2D eigenvalue weighted by atomic mass is 9.80. The van der Waals surface area contributed by atoms with Crippen LogP contribution in [0, 0.1) is 11.8 Å². The average molecular weight is 832 g/mol. The van der Waals surface area contributed by atoms with Crippen LogP contribution in [0.4, 0.5) is 0 Å². The average Bonchev–Trinajstić information content (AvgIpc) is 3.97. The van der Waals surface area contributed by atoms with E-state index in [1.807, 2.05) is 24.3 Å². The number of hydrogen-bond acceptors (Lipinski definition) is 11. The van der Waals surface area contributed by atoms with E-state index in [-0.39, 0.29) is 31.1 Å². The number of rotatable bonds is 25. The van der Waals surface area contributed by atoms with Crippen LogP contribution in [0.5, 0.6) is 11.5 Å². The molecule has 6 rings (SSSR count). The molecule has 12 nitrogen and oxygen atoms in total. The third-order valence-corrected chi connectivity index (χ3v) is 13.1. The molecule has 0 bridgehead atoms. The lowest BCUT2D eigenvalue weighted by Gasteiger charge is -2.27. The van der Waals surface area contributed by atoms with Gasteiger partial charge in [-0.3, -0.25) is 0 Å². The highest BCUT2D eigenvalue weighted by molar-refractivity contribution is 5.42. The number of fused-ring (bicyclic) bond motifs is 2. The zero-order valence-corrected chi connectivity index (χ0v) is 35.8. The van der Waals surface area contributed by atoms with Crippen molar-refractivity contribution in [3.05, 3.63) is 93.5 Å². The molecular formula is C48H73N5O7. The van der Waals surface area contributed by atoms with Gasteiger partial charge in [-0.2, -0.15) is 0 Å². The number of unbranched alkanes of at least 4 members (excludes halogenated alkanes) is 3. The first kappa shape index (κ1) is 45.7. The quantitative estimate of drug-likeness (QED) is 0.0435. The number of aliphatic hydroxyl groups excluding tert-OH is 4. The number of ether oxygens (including phenoxy) is 1. The second-order valence-electron chi connectivity index (χ2n) is 17.9. The fraction of sp³-hybridized carbons (Fsp3) is 0.625. The van der Waals surface area contributed by atoms with Gasteiger partial charge >= 0.3 is 0 Å². The fourth-order valence-electron chi connectivity index (χ4n) is 9.69. The van der Waals surface area contributed by atoms with Crippen LogP contribution < -0.4 is 26.8 Å². The Labute approximate surface area is 356 Å². The van der Waals surface area contributed by atoms with Crippen LogP contribution in [-0.2, 0) is 32.3 Å². The number of phenols is 1. The van der Waals surface area contributed by atoms with E-state index in [4.69, 9.17) is 20.6 Å². The van der Waals surface area contributed by atoms with Crippen molar-refractivity contribution in [2.75, 3.05) is 26.2 Å². The maximum absolute atomic E-state index is 11.3. The first-order chi connectivity index (χ1) is 29.1. The lowest BCUT2D eigenvalue weighted by Crippen LogP contribution is -2.32. The number of dihydropyridines is 1. The third kappa shape index (κ3) is 13.4. The van der Waals surface area contributed by atoms with Crippen molar-refractivity contribution in [2.45, 2.75) is 153 Å². The topological polar surface area (TPSA) is 215 Å². The molecule has 2 aromatic heterocycles. The number of nitrogens with two attached hydrogens (primary N) is 2.